The van der Waals surface area contributed by atoms with Gasteiger partial charge in [-0.3, -0.25) is 4.79 Å². The van der Waals surface area contributed by atoms with Gasteiger partial charge in [-0.2, -0.15) is 0 Å². The summed E-state index contributed by atoms with van der Waals surface area (Å²) in [7, 11) is 1.62. The fourth-order valence-electron chi connectivity index (χ4n) is 2.83. The number of para-hydroxylation sites is 3. The Labute approximate surface area is 152 Å². The molecule has 3 aromatic rings. The number of amides is 1. The number of carbonyl (C=O) groups excluding carboxylic acids is 1. The van der Waals surface area contributed by atoms with E-state index in [-0.39, 0.29) is 18.5 Å². The quantitative estimate of drug-likeness (QED) is 0.676. The van der Waals surface area contributed by atoms with Crippen LogP contribution >= 0.6 is 0 Å². The molecule has 1 heterocycles. The van der Waals surface area contributed by atoms with Crippen LogP contribution in [0.25, 0.3) is 11.0 Å². The maximum absolute atomic E-state index is 12.4. The number of carbonyl (C=O) groups is 1. The van der Waals surface area contributed by atoms with E-state index in [9.17, 15) is 4.79 Å². The highest BCUT2D eigenvalue weighted by Crippen LogP contribution is 2.18. The second-order valence-electron chi connectivity index (χ2n) is 6.13. The molecule has 6 nitrogen and oxygen atoms in total. The molecule has 1 aromatic heterocycles. The highest BCUT2D eigenvalue weighted by Gasteiger charge is 2.15. The number of rotatable bonds is 8. The molecule has 0 saturated heterocycles. The average Bonchev–Trinajstić information content (AvgIpc) is 2.98. The first kappa shape index (κ1) is 17.9. The zero-order chi connectivity index (χ0) is 18.4. The van der Waals surface area contributed by atoms with Crippen molar-refractivity contribution in [2.75, 3.05) is 13.7 Å². The molecule has 0 radical (unpaired) electrons. The van der Waals surface area contributed by atoms with Crippen LogP contribution in [0.15, 0.2) is 54.6 Å². The molecule has 0 saturated carbocycles. The Kier molecular flexibility index (Phi) is 5.86. The first-order valence-electron chi connectivity index (χ1n) is 8.57. The van der Waals surface area contributed by atoms with Gasteiger partial charge in [0.15, 0.2) is 0 Å². The molecule has 0 bridgehead atoms. The van der Waals surface area contributed by atoms with Gasteiger partial charge < -0.3 is 19.4 Å². The zero-order valence-corrected chi connectivity index (χ0v) is 15.0. The lowest BCUT2D eigenvalue weighted by Gasteiger charge is -2.14. The van der Waals surface area contributed by atoms with Crippen molar-refractivity contribution in [1.82, 2.24) is 14.9 Å². The third kappa shape index (κ3) is 4.40. The Hall–Kier alpha value is -2.86. The highest BCUT2D eigenvalue weighted by atomic mass is 16.5. The fourth-order valence-corrected chi connectivity index (χ4v) is 2.83. The number of aromatic nitrogens is 2. The number of benzene rings is 2. The molecule has 1 N–H and O–H groups in total. The number of fused-ring (bicyclic) bond motifs is 1. The first-order valence-corrected chi connectivity index (χ1v) is 8.57. The first-order chi connectivity index (χ1) is 12.7. The van der Waals surface area contributed by atoms with Crippen LogP contribution in [0.4, 0.5) is 0 Å². The van der Waals surface area contributed by atoms with Crippen LogP contribution in [0.1, 0.15) is 12.7 Å². The van der Waals surface area contributed by atoms with Crippen LogP contribution in [-0.4, -0.2) is 35.2 Å². The Morgan fingerprint density at radius 2 is 1.88 bits per heavy atom. The number of methoxy groups -OCH3 is 1. The molecular formula is C20H23N3O3. The summed E-state index contributed by atoms with van der Waals surface area (Å²) in [5.74, 6) is 1.40. The third-order valence-electron chi connectivity index (χ3n) is 3.97. The van der Waals surface area contributed by atoms with Crippen molar-refractivity contribution in [3.63, 3.8) is 0 Å². The van der Waals surface area contributed by atoms with Crippen LogP contribution in [0.3, 0.4) is 0 Å². The second kappa shape index (κ2) is 8.49. The monoisotopic (exact) mass is 353 g/mol. The molecular weight excluding hydrogens is 330 g/mol. The SMILES string of the molecule is COCC(C)NC(=O)Cn1c(COc2ccccc2)nc2ccccc21. The molecule has 3 rings (SSSR count). The predicted octanol–water partition coefficient (Wildman–Crippen LogP) is 2.77. The van der Waals surface area contributed by atoms with Crippen molar-refractivity contribution >= 4 is 16.9 Å². The average molecular weight is 353 g/mol. The molecule has 2 aromatic carbocycles. The van der Waals surface area contributed by atoms with E-state index >= 15 is 0 Å². The Morgan fingerprint density at radius 3 is 2.65 bits per heavy atom. The number of imidazole rings is 1. The number of nitrogens with zero attached hydrogens (tertiary/aromatic N) is 2. The second-order valence-corrected chi connectivity index (χ2v) is 6.13. The van der Waals surface area contributed by atoms with Gasteiger partial charge in [0, 0.05) is 13.2 Å². The molecule has 6 heteroatoms. The lowest BCUT2D eigenvalue weighted by molar-refractivity contribution is -0.122. The van der Waals surface area contributed by atoms with Crippen LogP contribution in [-0.2, 0) is 22.7 Å². The van der Waals surface area contributed by atoms with Gasteiger partial charge in [-0.25, -0.2) is 4.98 Å². The minimum Gasteiger partial charge on any atom is -0.486 e. The molecule has 136 valence electrons. The summed E-state index contributed by atoms with van der Waals surface area (Å²) >= 11 is 0. The number of ether oxygens (including phenoxy) is 2. The van der Waals surface area contributed by atoms with Gasteiger partial charge in [0.1, 0.15) is 24.7 Å². The largest absolute Gasteiger partial charge is 0.486 e. The molecule has 0 fully saturated rings. The van der Waals surface area contributed by atoms with Gasteiger partial charge in [-0.05, 0) is 31.2 Å². The van der Waals surface area contributed by atoms with Gasteiger partial charge >= 0.3 is 0 Å². The summed E-state index contributed by atoms with van der Waals surface area (Å²) in [5, 5.41) is 2.93. The van der Waals surface area contributed by atoms with Crippen molar-refractivity contribution < 1.29 is 14.3 Å². The molecule has 1 unspecified atom stereocenters. The van der Waals surface area contributed by atoms with Gasteiger partial charge in [0.2, 0.25) is 5.91 Å². The van der Waals surface area contributed by atoms with Crippen molar-refractivity contribution in [1.29, 1.82) is 0 Å². The smallest absolute Gasteiger partial charge is 0.240 e. The third-order valence-corrected chi connectivity index (χ3v) is 3.97. The van der Waals surface area contributed by atoms with E-state index in [0.717, 1.165) is 16.8 Å². The van der Waals surface area contributed by atoms with E-state index in [1.807, 2.05) is 66.1 Å². The van der Waals surface area contributed by atoms with Gasteiger partial charge in [-0.1, -0.05) is 30.3 Å². The minimum absolute atomic E-state index is 0.0497. The van der Waals surface area contributed by atoms with E-state index in [0.29, 0.717) is 19.0 Å². The summed E-state index contributed by atoms with van der Waals surface area (Å²) in [6.07, 6.45) is 0. The van der Waals surface area contributed by atoms with E-state index < -0.39 is 0 Å². The van der Waals surface area contributed by atoms with Crippen molar-refractivity contribution in [3.05, 3.63) is 60.4 Å². The summed E-state index contributed by atoms with van der Waals surface area (Å²) < 4.78 is 12.8. The van der Waals surface area contributed by atoms with E-state index in [1.54, 1.807) is 7.11 Å². The lowest BCUT2D eigenvalue weighted by Crippen LogP contribution is -2.38. The molecule has 0 aliphatic carbocycles. The zero-order valence-electron chi connectivity index (χ0n) is 15.0. The van der Waals surface area contributed by atoms with E-state index in [2.05, 4.69) is 10.3 Å². The van der Waals surface area contributed by atoms with Crippen molar-refractivity contribution in [2.24, 2.45) is 0 Å². The highest BCUT2D eigenvalue weighted by molar-refractivity contribution is 5.81. The maximum atomic E-state index is 12.4. The summed E-state index contributed by atoms with van der Waals surface area (Å²) in [4.78, 5) is 17.0. The van der Waals surface area contributed by atoms with E-state index in [4.69, 9.17) is 9.47 Å². The minimum atomic E-state index is -0.0846. The van der Waals surface area contributed by atoms with Gasteiger partial charge in [0.25, 0.3) is 0 Å². The van der Waals surface area contributed by atoms with Crippen molar-refractivity contribution in [3.8, 4) is 5.75 Å². The van der Waals surface area contributed by atoms with E-state index in [1.165, 1.54) is 0 Å². The number of hydrogen-bond donors (Lipinski definition) is 1. The lowest BCUT2D eigenvalue weighted by atomic mass is 10.3. The van der Waals surface area contributed by atoms with Crippen LogP contribution < -0.4 is 10.1 Å². The molecule has 0 spiro atoms. The maximum Gasteiger partial charge on any atom is 0.240 e. The standard InChI is InChI=1S/C20H23N3O3/c1-15(13-25-2)21-20(24)12-23-18-11-7-6-10-17(18)22-19(23)14-26-16-8-4-3-5-9-16/h3-11,15H,12-14H2,1-2H3,(H,21,24). The normalized spacial score (nSPS) is 12.1. The van der Waals surface area contributed by atoms with Crippen LogP contribution in [0.5, 0.6) is 5.75 Å². The summed E-state index contributed by atoms with van der Waals surface area (Å²) in [6, 6.07) is 17.3. The van der Waals surface area contributed by atoms with Crippen LogP contribution in [0, 0.1) is 0 Å². The number of hydrogen-bond acceptors (Lipinski definition) is 4. The van der Waals surface area contributed by atoms with Crippen molar-refractivity contribution in [2.45, 2.75) is 26.1 Å². The summed E-state index contributed by atoms with van der Waals surface area (Å²) in [6.45, 7) is 2.86. The molecule has 1 atom stereocenters. The molecule has 26 heavy (non-hydrogen) atoms. The molecule has 0 aliphatic rings. The Morgan fingerprint density at radius 1 is 1.15 bits per heavy atom. The topological polar surface area (TPSA) is 65.4 Å². The Balaban J connectivity index is 1.79. The predicted molar refractivity (Wildman–Crippen MR) is 100.0 cm³/mol. The summed E-state index contributed by atoms with van der Waals surface area (Å²) in [5.41, 5.74) is 1.76. The molecule has 0 aliphatic heterocycles. The number of nitrogens with one attached hydrogen (secondary N) is 1. The molecule has 1 amide bonds. The van der Waals surface area contributed by atoms with Crippen LogP contribution in [0.2, 0.25) is 0 Å². The Bertz CT molecular complexity index is 861. The van der Waals surface area contributed by atoms with Gasteiger partial charge in [-0.15, -0.1) is 0 Å². The fraction of sp³-hybridized carbons (Fsp3) is 0.300. The van der Waals surface area contributed by atoms with Gasteiger partial charge in [0.05, 0.1) is 17.6 Å².